The van der Waals surface area contributed by atoms with E-state index in [0.717, 1.165) is 26.5 Å². The summed E-state index contributed by atoms with van der Waals surface area (Å²) in [6.07, 6.45) is 0.701. The zero-order valence-corrected chi connectivity index (χ0v) is 10.1. The minimum Gasteiger partial charge on any atom is -0.336 e. The standard InChI is InChI=1S/C14H8NO2S/c1-3-7-11-9(5-1)13(17-16-11)14-15-10-6-2-4-8-12(10)18-14/h1-8H. The second kappa shape index (κ2) is 3.80. The number of hydrogen-bond donors (Lipinski definition) is 0. The summed E-state index contributed by atoms with van der Waals surface area (Å²) < 4.78 is 1.15. The van der Waals surface area contributed by atoms with E-state index in [1.807, 2.05) is 42.5 Å². The van der Waals surface area contributed by atoms with Gasteiger partial charge in [0.25, 0.3) is 0 Å². The summed E-state index contributed by atoms with van der Waals surface area (Å²) >= 11 is 1.60. The van der Waals surface area contributed by atoms with E-state index in [2.05, 4.69) is 11.1 Å². The summed E-state index contributed by atoms with van der Waals surface area (Å²) in [5.74, 6) is 0.742. The van der Waals surface area contributed by atoms with Gasteiger partial charge in [0.2, 0.25) is 6.10 Å². The van der Waals surface area contributed by atoms with E-state index in [0.29, 0.717) is 6.10 Å². The molecule has 4 rings (SSSR count). The van der Waals surface area contributed by atoms with Crippen LogP contribution in [0.4, 0.5) is 0 Å². The molecule has 0 spiro atoms. The summed E-state index contributed by atoms with van der Waals surface area (Å²) in [5.41, 5.74) is 1.94. The molecular formula is C14H8NO2S. The largest absolute Gasteiger partial charge is 0.336 e. The average molecular weight is 254 g/mol. The second-order valence-electron chi connectivity index (χ2n) is 3.98. The van der Waals surface area contributed by atoms with Crippen molar-refractivity contribution in [2.45, 2.75) is 0 Å². The Bertz CT molecular complexity index is 689. The van der Waals surface area contributed by atoms with Gasteiger partial charge in [0.1, 0.15) is 5.01 Å². The van der Waals surface area contributed by atoms with Crippen LogP contribution in [0.5, 0.6) is 5.75 Å². The fourth-order valence-electron chi connectivity index (χ4n) is 1.98. The number of thiazole rings is 1. The minimum absolute atomic E-state index is 0.701. The number of nitrogens with zero attached hydrogens (tertiary/aromatic N) is 1. The highest BCUT2D eigenvalue weighted by atomic mass is 32.1. The average Bonchev–Trinajstić information content (AvgIpc) is 3.02. The van der Waals surface area contributed by atoms with Crippen molar-refractivity contribution in [3.8, 4) is 5.75 Å². The third-order valence-corrected chi connectivity index (χ3v) is 3.87. The number of rotatable bonds is 1. The first kappa shape index (κ1) is 10.1. The molecule has 1 aromatic heterocycles. The van der Waals surface area contributed by atoms with Crippen LogP contribution in [-0.2, 0) is 4.89 Å². The van der Waals surface area contributed by atoms with E-state index in [1.54, 1.807) is 11.3 Å². The predicted octanol–water partition coefficient (Wildman–Crippen LogP) is 3.55. The summed E-state index contributed by atoms with van der Waals surface area (Å²) in [4.78, 5) is 15.1. The minimum atomic E-state index is 0.701. The van der Waals surface area contributed by atoms with E-state index < -0.39 is 0 Å². The topological polar surface area (TPSA) is 31.4 Å². The number of fused-ring (bicyclic) bond motifs is 2. The molecule has 0 saturated heterocycles. The van der Waals surface area contributed by atoms with E-state index in [-0.39, 0.29) is 0 Å². The number of benzene rings is 2. The predicted molar refractivity (Wildman–Crippen MR) is 69.2 cm³/mol. The highest BCUT2D eigenvalue weighted by Gasteiger charge is 2.31. The molecule has 87 valence electrons. The van der Waals surface area contributed by atoms with Crippen molar-refractivity contribution >= 4 is 21.6 Å². The highest BCUT2D eigenvalue weighted by Crippen LogP contribution is 2.40. The Morgan fingerprint density at radius 2 is 1.72 bits per heavy atom. The summed E-state index contributed by atoms with van der Waals surface area (Å²) in [7, 11) is 0. The van der Waals surface area contributed by atoms with Crippen molar-refractivity contribution in [1.82, 2.24) is 4.98 Å². The highest BCUT2D eigenvalue weighted by molar-refractivity contribution is 7.18. The molecule has 1 radical (unpaired) electrons. The summed E-state index contributed by atoms with van der Waals surface area (Å²) in [5, 5.41) is 0.848. The van der Waals surface area contributed by atoms with E-state index >= 15 is 0 Å². The van der Waals surface area contributed by atoms with Gasteiger partial charge in [0.15, 0.2) is 5.75 Å². The van der Waals surface area contributed by atoms with Crippen molar-refractivity contribution in [2.75, 3.05) is 0 Å². The molecule has 0 fully saturated rings. The smallest absolute Gasteiger partial charge is 0.238 e. The van der Waals surface area contributed by atoms with Crippen LogP contribution in [0.2, 0.25) is 0 Å². The van der Waals surface area contributed by atoms with Crippen molar-refractivity contribution < 1.29 is 9.78 Å². The van der Waals surface area contributed by atoms with Crippen molar-refractivity contribution in [3.05, 3.63) is 65.2 Å². The molecule has 0 N–H and O–H groups in total. The second-order valence-corrected chi connectivity index (χ2v) is 5.01. The molecule has 18 heavy (non-hydrogen) atoms. The quantitative estimate of drug-likeness (QED) is 0.622. The van der Waals surface area contributed by atoms with Gasteiger partial charge in [-0.05, 0) is 18.2 Å². The van der Waals surface area contributed by atoms with E-state index in [1.165, 1.54) is 0 Å². The van der Waals surface area contributed by atoms with Gasteiger partial charge in [0, 0.05) is 5.56 Å². The van der Waals surface area contributed by atoms with Crippen LogP contribution in [-0.4, -0.2) is 4.98 Å². The molecule has 0 saturated carbocycles. The maximum absolute atomic E-state index is 5.30. The first-order valence-corrected chi connectivity index (χ1v) is 6.40. The third kappa shape index (κ3) is 1.43. The molecule has 2 heterocycles. The van der Waals surface area contributed by atoms with Gasteiger partial charge in [-0.1, -0.05) is 30.3 Å². The molecule has 2 aromatic carbocycles. The van der Waals surface area contributed by atoms with Gasteiger partial charge >= 0.3 is 0 Å². The SMILES string of the molecule is c1ccc2c(c1)OO[C]2c1nc2ccccc2s1. The van der Waals surface area contributed by atoms with E-state index in [4.69, 9.17) is 9.78 Å². The Hall–Kier alpha value is -1.91. The van der Waals surface area contributed by atoms with E-state index in [9.17, 15) is 0 Å². The first-order valence-electron chi connectivity index (χ1n) is 5.59. The van der Waals surface area contributed by atoms with Gasteiger partial charge in [-0.25, -0.2) is 4.98 Å². The Labute approximate surface area is 108 Å². The lowest BCUT2D eigenvalue weighted by Crippen LogP contribution is -1.99. The van der Waals surface area contributed by atoms with Gasteiger partial charge in [0.05, 0.1) is 10.2 Å². The number of hydrogen-bond acceptors (Lipinski definition) is 4. The fourth-order valence-corrected chi connectivity index (χ4v) is 2.93. The molecule has 0 amide bonds. The number of aromatic nitrogens is 1. The normalized spacial score (nSPS) is 14.7. The Balaban J connectivity index is 1.85. The molecule has 0 unspecified atom stereocenters. The molecule has 3 aromatic rings. The van der Waals surface area contributed by atoms with Crippen LogP contribution in [0.25, 0.3) is 10.2 Å². The van der Waals surface area contributed by atoms with Crippen molar-refractivity contribution in [2.24, 2.45) is 0 Å². The molecule has 0 bridgehead atoms. The van der Waals surface area contributed by atoms with Gasteiger partial charge < -0.3 is 4.89 Å². The van der Waals surface area contributed by atoms with Gasteiger partial charge in [-0.3, -0.25) is 0 Å². The van der Waals surface area contributed by atoms with Crippen LogP contribution in [0.1, 0.15) is 10.6 Å². The molecule has 1 aliphatic heterocycles. The summed E-state index contributed by atoms with van der Waals surface area (Å²) in [6, 6.07) is 15.8. The third-order valence-electron chi connectivity index (χ3n) is 2.83. The summed E-state index contributed by atoms with van der Waals surface area (Å²) in [6.45, 7) is 0. The Morgan fingerprint density at radius 1 is 0.889 bits per heavy atom. The van der Waals surface area contributed by atoms with Crippen molar-refractivity contribution in [1.29, 1.82) is 0 Å². The molecule has 0 aliphatic carbocycles. The lowest BCUT2D eigenvalue weighted by Gasteiger charge is -1.99. The fraction of sp³-hybridized carbons (Fsp3) is 0. The lowest BCUT2D eigenvalue weighted by atomic mass is 10.1. The monoisotopic (exact) mass is 254 g/mol. The molecule has 3 nitrogen and oxygen atoms in total. The number of para-hydroxylation sites is 2. The Kier molecular flexibility index (Phi) is 2.12. The van der Waals surface area contributed by atoms with Crippen LogP contribution in [0.3, 0.4) is 0 Å². The molecular weight excluding hydrogens is 246 g/mol. The first-order chi connectivity index (χ1) is 8.92. The zero-order chi connectivity index (χ0) is 11.9. The Morgan fingerprint density at radius 3 is 2.67 bits per heavy atom. The lowest BCUT2D eigenvalue weighted by molar-refractivity contribution is -0.164. The van der Waals surface area contributed by atoms with Crippen LogP contribution in [0.15, 0.2) is 48.5 Å². The zero-order valence-electron chi connectivity index (χ0n) is 9.29. The van der Waals surface area contributed by atoms with Crippen molar-refractivity contribution in [3.63, 3.8) is 0 Å². The van der Waals surface area contributed by atoms with Crippen LogP contribution >= 0.6 is 11.3 Å². The van der Waals surface area contributed by atoms with Gasteiger partial charge in [-0.15, -0.1) is 11.3 Å². The van der Waals surface area contributed by atoms with Gasteiger partial charge in [-0.2, -0.15) is 4.89 Å². The van der Waals surface area contributed by atoms with Crippen LogP contribution < -0.4 is 4.89 Å². The molecule has 0 atom stereocenters. The van der Waals surface area contributed by atoms with Crippen LogP contribution in [0, 0.1) is 6.10 Å². The molecule has 4 heteroatoms. The maximum Gasteiger partial charge on any atom is 0.238 e. The molecule has 1 aliphatic rings. The maximum atomic E-state index is 5.30.